The minimum absolute atomic E-state index is 0.151. The molecule has 1 aromatic rings. The molecule has 0 amide bonds. The third-order valence-electron chi connectivity index (χ3n) is 5.42. The average Bonchev–Trinajstić information content (AvgIpc) is 2.57. The molecule has 0 bridgehead atoms. The Morgan fingerprint density at radius 1 is 0.926 bits per heavy atom. The Kier molecular flexibility index (Phi) is 8.55. The summed E-state index contributed by atoms with van der Waals surface area (Å²) in [7, 11) is 0. The van der Waals surface area contributed by atoms with E-state index in [0.717, 1.165) is 12.8 Å². The van der Waals surface area contributed by atoms with Gasteiger partial charge < -0.3 is 15.3 Å². The van der Waals surface area contributed by atoms with Crippen molar-refractivity contribution >= 4 is 0 Å². The van der Waals surface area contributed by atoms with Crippen molar-refractivity contribution in [3.8, 4) is 11.5 Å². The van der Waals surface area contributed by atoms with Crippen molar-refractivity contribution in [1.29, 1.82) is 0 Å². The van der Waals surface area contributed by atoms with E-state index >= 15 is 0 Å². The molecule has 4 heteroatoms. The third-order valence-corrected chi connectivity index (χ3v) is 5.42. The highest BCUT2D eigenvalue weighted by molar-refractivity contribution is 5.56. The van der Waals surface area contributed by atoms with Gasteiger partial charge in [-0.2, -0.15) is 0 Å². The van der Waals surface area contributed by atoms with Gasteiger partial charge in [0, 0.05) is 5.56 Å². The van der Waals surface area contributed by atoms with Crippen LogP contribution in [0.1, 0.15) is 75.1 Å². The summed E-state index contributed by atoms with van der Waals surface area (Å²) in [5.41, 5.74) is 3.09. The number of phenolic OH excluding ortho intramolecular Hbond substituents is 2. The quantitative estimate of drug-likeness (QED) is 0.360. The summed E-state index contributed by atoms with van der Waals surface area (Å²) in [6.07, 6.45) is 7.55. The molecule has 27 heavy (non-hydrogen) atoms. The van der Waals surface area contributed by atoms with Gasteiger partial charge in [-0.1, -0.05) is 17.7 Å². The van der Waals surface area contributed by atoms with Crippen LogP contribution in [0, 0.1) is 20.8 Å². The van der Waals surface area contributed by atoms with Gasteiger partial charge in [0.2, 0.25) is 0 Å². The fourth-order valence-corrected chi connectivity index (χ4v) is 3.24. The van der Waals surface area contributed by atoms with Crippen LogP contribution >= 0.6 is 0 Å². The smallest absolute Gasteiger partial charge is 0.122 e. The van der Waals surface area contributed by atoms with Gasteiger partial charge in [-0.3, -0.25) is 0 Å². The number of hydrogen-bond donors (Lipinski definition) is 3. The Bertz CT molecular complexity index is 682. The Morgan fingerprint density at radius 3 is 2.11 bits per heavy atom. The number of rotatable bonds is 9. The largest absolute Gasteiger partial charge is 0.507 e. The first-order chi connectivity index (χ1) is 12.5. The molecule has 0 aliphatic rings. The number of halogens is 1. The minimum atomic E-state index is -0.862. The molecule has 1 rings (SSSR count). The SMILES string of the molecule is C/C(F)=C/CC/C(C)=C/CC[C@](C)(O)CCc1c(C)c(O)c(C)c(C)c1O. The number of benzene rings is 1. The maximum atomic E-state index is 12.7. The standard InChI is InChI=1S/C23H35FO3/c1-15(9-7-11-16(2)24)10-8-13-23(6,27)14-12-20-19(5)21(25)17(3)18(4)22(20)26/h10-11,25-27H,7-9,12-14H2,1-6H3/b15-10+,16-11-/t23-/m0/s1. The normalized spacial score (nSPS) is 15.1. The number of aromatic hydroxyl groups is 2. The molecule has 0 aliphatic carbocycles. The third kappa shape index (κ3) is 7.02. The van der Waals surface area contributed by atoms with Crippen LogP contribution in [0.25, 0.3) is 0 Å². The number of aliphatic hydroxyl groups is 1. The van der Waals surface area contributed by atoms with Crippen molar-refractivity contribution in [2.45, 2.75) is 85.7 Å². The second kappa shape index (κ2) is 9.93. The molecular weight excluding hydrogens is 343 g/mol. The second-order valence-corrected chi connectivity index (χ2v) is 7.97. The van der Waals surface area contributed by atoms with Gasteiger partial charge in [-0.25, -0.2) is 4.39 Å². The molecule has 152 valence electrons. The first-order valence-electron chi connectivity index (χ1n) is 9.67. The highest BCUT2D eigenvalue weighted by Crippen LogP contribution is 2.37. The molecule has 3 nitrogen and oxygen atoms in total. The van der Waals surface area contributed by atoms with Crippen molar-refractivity contribution in [1.82, 2.24) is 0 Å². The zero-order chi connectivity index (χ0) is 20.8. The minimum Gasteiger partial charge on any atom is -0.507 e. The lowest BCUT2D eigenvalue weighted by molar-refractivity contribution is 0.0431. The van der Waals surface area contributed by atoms with Gasteiger partial charge >= 0.3 is 0 Å². The van der Waals surface area contributed by atoms with E-state index in [1.807, 2.05) is 6.92 Å². The molecule has 1 atom stereocenters. The molecule has 1 aromatic carbocycles. The van der Waals surface area contributed by atoms with Gasteiger partial charge in [0.15, 0.2) is 0 Å². The van der Waals surface area contributed by atoms with E-state index in [9.17, 15) is 19.7 Å². The summed E-state index contributed by atoms with van der Waals surface area (Å²) < 4.78 is 12.7. The zero-order valence-corrected chi connectivity index (χ0v) is 17.6. The molecule has 3 N–H and O–H groups in total. The van der Waals surface area contributed by atoms with E-state index in [2.05, 4.69) is 6.08 Å². The molecule has 0 unspecified atom stereocenters. The van der Waals surface area contributed by atoms with Gasteiger partial charge in [0.05, 0.1) is 11.4 Å². The fraction of sp³-hybridized carbons (Fsp3) is 0.565. The van der Waals surface area contributed by atoms with Crippen molar-refractivity contribution in [2.24, 2.45) is 0 Å². The Morgan fingerprint density at radius 2 is 1.52 bits per heavy atom. The Hall–Kier alpha value is -1.81. The lowest BCUT2D eigenvalue weighted by Gasteiger charge is -2.24. The van der Waals surface area contributed by atoms with Gasteiger partial charge in [-0.05, 0) is 96.8 Å². The van der Waals surface area contributed by atoms with E-state index in [1.165, 1.54) is 12.5 Å². The van der Waals surface area contributed by atoms with Crippen molar-refractivity contribution in [2.75, 3.05) is 0 Å². The summed E-state index contributed by atoms with van der Waals surface area (Å²) in [5, 5.41) is 31.3. The lowest BCUT2D eigenvalue weighted by Crippen LogP contribution is -2.24. The molecular formula is C23H35FO3. The van der Waals surface area contributed by atoms with Crippen LogP contribution in [0.15, 0.2) is 23.6 Å². The molecule has 0 spiro atoms. The molecule has 0 aliphatic heterocycles. The molecule has 0 heterocycles. The Labute approximate surface area is 163 Å². The molecule has 0 saturated heterocycles. The predicted molar refractivity (Wildman–Crippen MR) is 110 cm³/mol. The molecule has 0 fully saturated rings. The van der Waals surface area contributed by atoms with E-state index < -0.39 is 5.60 Å². The first kappa shape index (κ1) is 23.2. The summed E-state index contributed by atoms with van der Waals surface area (Å²) in [6.45, 7) is 10.7. The molecule has 0 saturated carbocycles. The van der Waals surface area contributed by atoms with Crippen LogP contribution in [0.5, 0.6) is 11.5 Å². The van der Waals surface area contributed by atoms with Crippen LogP contribution < -0.4 is 0 Å². The summed E-state index contributed by atoms with van der Waals surface area (Å²) in [5.74, 6) is 0.281. The van der Waals surface area contributed by atoms with Crippen LogP contribution in [-0.2, 0) is 6.42 Å². The fourth-order valence-electron chi connectivity index (χ4n) is 3.24. The highest BCUT2D eigenvalue weighted by Gasteiger charge is 2.22. The summed E-state index contributed by atoms with van der Waals surface area (Å²) >= 11 is 0. The van der Waals surface area contributed by atoms with Crippen LogP contribution in [0.3, 0.4) is 0 Å². The average molecular weight is 379 g/mol. The maximum absolute atomic E-state index is 12.7. The van der Waals surface area contributed by atoms with Gasteiger partial charge in [0.1, 0.15) is 11.5 Å². The van der Waals surface area contributed by atoms with Crippen molar-refractivity contribution in [3.63, 3.8) is 0 Å². The van der Waals surface area contributed by atoms with E-state index in [-0.39, 0.29) is 17.3 Å². The van der Waals surface area contributed by atoms with E-state index in [0.29, 0.717) is 47.9 Å². The van der Waals surface area contributed by atoms with Crippen molar-refractivity contribution < 1.29 is 19.7 Å². The maximum Gasteiger partial charge on any atom is 0.122 e. The predicted octanol–water partition coefficient (Wildman–Crippen LogP) is 6.09. The van der Waals surface area contributed by atoms with Crippen LogP contribution in [-0.4, -0.2) is 20.9 Å². The van der Waals surface area contributed by atoms with E-state index in [4.69, 9.17) is 0 Å². The lowest BCUT2D eigenvalue weighted by atomic mass is 9.88. The summed E-state index contributed by atoms with van der Waals surface area (Å²) in [4.78, 5) is 0. The van der Waals surface area contributed by atoms with Crippen LogP contribution in [0.2, 0.25) is 0 Å². The van der Waals surface area contributed by atoms with Crippen LogP contribution in [0.4, 0.5) is 4.39 Å². The van der Waals surface area contributed by atoms with Crippen molar-refractivity contribution in [3.05, 3.63) is 45.8 Å². The Balaban J connectivity index is 2.66. The zero-order valence-electron chi connectivity index (χ0n) is 17.6. The number of allylic oxidation sites excluding steroid dienone is 4. The van der Waals surface area contributed by atoms with Gasteiger partial charge in [0.25, 0.3) is 0 Å². The molecule has 0 radical (unpaired) electrons. The van der Waals surface area contributed by atoms with Gasteiger partial charge in [-0.15, -0.1) is 0 Å². The van der Waals surface area contributed by atoms with E-state index in [1.54, 1.807) is 33.8 Å². The second-order valence-electron chi connectivity index (χ2n) is 7.97. The monoisotopic (exact) mass is 378 g/mol. The number of phenols is 2. The molecule has 0 aromatic heterocycles. The number of hydrogen-bond acceptors (Lipinski definition) is 3. The topological polar surface area (TPSA) is 60.7 Å². The summed E-state index contributed by atoms with van der Waals surface area (Å²) in [6, 6.07) is 0. The first-order valence-corrected chi connectivity index (χ1v) is 9.67. The highest BCUT2D eigenvalue weighted by atomic mass is 19.1.